The summed E-state index contributed by atoms with van der Waals surface area (Å²) in [6.07, 6.45) is 6.82. The van der Waals surface area contributed by atoms with Crippen LogP contribution in [0.3, 0.4) is 0 Å². The molecule has 1 N–H and O–H groups in total. The molecule has 0 bridgehead atoms. The predicted octanol–water partition coefficient (Wildman–Crippen LogP) is 3.57. The van der Waals surface area contributed by atoms with Gasteiger partial charge in [-0.2, -0.15) is 0 Å². The number of rotatable bonds is 7. The van der Waals surface area contributed by atoms with Crippen LogP contribution in [-0.4, -0.2) is 30.3 Å². The fraction of sp³-hybridized carbons (Fsp3) is 0.824. The van der Waals surface area contributed by atoms with Crippen molar-refractivity contribution in [2.75, 3.05) is 13.2 Å². The molecule has 1 aromatic heterocycles. The summed E-state index contributed by atoms with van der Waals surface area (Å²) in [6.45, 7) is 8.66. The smallest absolute Gasteiger partial charge is 0.0797 e. The third kappa shape index (κ3) is 3.49. The molecule has 2 atom stereocenters. The van der Waals surface area contributed by atoms with Crippen LogP contribution in [0.25, 0.3) is 0 Å². The first-order chi connectivity index (χ1) is 10.1. The van der Waals surface area contributed by atoms with Crippen LogP contribution in [-0.2, 0) is 11.2 Å². The van der Waals surface area contributed by atoms with Gasteiger partial charge in [-0.25, -0.2) is 4.98 Å². The van der Waals surface area contributed by atoms with Gasteiger partial charge in [-0.3, -0.25) is 0 Å². The maximum atomic E-state index is 6.17. The van der Waals surface area contributed by atoms with Crippen LogP contribution >= 0.6 is 11.3 Å². The summed E-state index contributed by atoms with van der Waals surface area (Å²) in [5.74, 6) is 0.823. The lowest BCUT2D eigenvalue weighted by Gasteiger charge is -2.35. The van der Waals surface area contributed by atoms with Crippen molar-refractivity contribution in [2.24, 2.45) is 11.3 Å². The average Bonchev–Trinajstić information content (AvgIpc) is 3.08. The van der Waals surface area contributed by atoms with Crippen LogP contribution in [0.2, 0.25) is 0 Å². The molecule has 2 heterocycles. The van der Waals surface area contributed by atoms with Crippen LogP contribution in [0.15, 0.2) is 5.51 Å². The summed E-state index contributed by atoms with van der Waals surface area (Å²) < 4.78 is 6.17. The van der Waals surface area contributed by atoms with E-state index in [1.54, 1.807) is 0 Å². The van der Waals surface area contributed by atoms with E-state index in [0.717, 1.165) is 25.5 Å². The highest BCUT2D eigenvalue weighted by atomic mass is 32.1. The Balaban J connectivity index is 1.70. The predicted molar refractivity (Wildman–Crippen MR) is 87.8 cm³/mol. The standard InChI is InChI=1S/C17H28N2OS/c1-12(2)18-10-17(7-6-15-13(3)19-11-21-15)8-9-20-16(17)14-4-5-14/h11-12,14,16,18H,4-10H2,1-3H3. The summed E-state index contributed by atoms with van der Waals surface area (Å²) in [7, 11) is 0. The van der Waals surface area contributed by atoms with Gasteiger partial charge in [-0.05, 0) is 44.9 Å². The Morgan fingerprint density at radius 2 is 2.29 bits per heavy atom. The minimum absolute atomic E-state index is 0.335. The van der Waals surface area contributed by atoms with E-state index in [2.05, 4.69) is 31.1 Å². The van der Waals surface area contributed by atoms with Crippen molar-refractivity contribution in [1.29, 1.82) is 0 Å². The molecule has 0 spiro atoms. The minimum atomic E-state index is 0.335. The molecule has 21 heavy (non-hydrogen) atoms. The second kappa shape index (κ2) is 6.35. The van der Waals surface area contributed by atoms with E-state index in [9.17, 15) is 0 Å². The molecule has 3 rings (SSSR count). The zero-order valence-electron chi connectivity index (χ0n) is 13.5. The SMILES string of the molecule is Cc1ncsc1CCC1(CNC(C)C)CCOC1C1CC1. The minimum Gasteiger partial charge on any atom is -0.377 e. The molecule has 1 aliphatic carbocycles. The quantitative estimate of drug-likeness (QED) is 0.836. The van der Waals surface area contributed by atoms with Gasteiger partial charge in [0.05, 0.1) is 17.3 Å². The Bertz CT molecular complexity index is 469. The fourth-order valence-electron chi connectivity index (χ4n) is 3.62. The van der Waals surface area contributed by atoms with E-state index in [1.807, 2.05) is 16.8 Å². The van der Waals surface area contributed by atoms with Crippen LogP contribution in [0, 0.1) is 18.3 Å². The van der Waals surface area contributed by atoms with Crippen molar-refractivity contribution in [3.63, 3.8) is 0 Å². The van der Waals surface area contributed by atoms with Crippen LogP contribution in [0.5, 0.6) is 0 Å². The van der Waals surface area contributed by atoms with E-state index in [-0.39, 0.29) is 0 Å². The molecular weight excluding hydrogens is 280 g/mol. The fourth-order valence-corrected chi connectivity index (χ4v) is 4.41. The molecule has 1 aromatic rings. The summed E-state index contributed by atoms with van der Waals surface area (Å²) in [5.41, 5.74) is 3.53. The Morgan fingerprint density at radius 1 is 1.48 bits per heavy atom. The molecule has 2 fully saturated rings. The highest BCUT2D eigenvalue weighted by molar-refractivity contribution is 7.09. The molecule has 1 saturated heterocycles. The van der Waals surface area contributed by atoms with E-state index in [0.29, 0.717) is 17.6 Å². The molecule has 0 radical (unpaired) electrons. The lowest BCUT2D eigenvalue weighted by Crippen LogP contribution is -2.44. The first kappa shape index (κ1) is 15.4. The number of nitrogens with zero attached hydrogens (tertiary/aromatic N) is 1. The van der Waals surface area contributed by atoms with Crippen molar-refractivity contribution >= 4 is 11.3 Å². The number of thiazole rings is 1. The number of aromatic nitrogens is 1. The van der Waals surface area contributed by atoms with Gasteiger partial charge >= 0.3 is 0 Å². The van der Waals surface area contributed by atoms with Crippen LogP contribution in [0.1, 0.15) is 50.1 Å². The van der Waals surface area contributed by atoms with E-state index < -0.39 is 0 Å². The van der Waals surface area contributed by atoms with Crippen molar-refractivity contribution < 1.29 is 4.74 Å². The third-order valence-electron chi connectivity index (χ3n) is 5.11. The topological polar surface area (TPSA) is 34.2 Å². The number of hydrogen-bond donors (Lipinski definition) is 1. The van der Waals surface area contributed by atoms with Crippen molar-refractivity contribution in [1.82, 2.24) is 10.3 Å². The molecule has 2 aliphatic rings. The second-order valence-corrected chi connectivity index (χ2v) is 8.08. The largest absolute Gasteiger partial charge is 0.377 e. The molecule has 4 heteroatoms. The van der Waals surface area contributed by atoms with Crippen molar-refractivity contribution in [3.8, 4) is 0 Å². The first-order valence-electron chi connectivity index (χ1n) is 8.35. The number of hydrogen-bond acceptors (Lipinski definition) is 4. The van der Waals surface area contributed by atoms with Crippen LogP contribution < -0.4 is 5.32 Å². The van der Waals surface area contributed by atoms with Gasteiger partial charge in [-0.1, -0.05) is 13.8 Å². The Labute approximate surface area is 132 Å². The molecule has 3 nitrogen and oxygen atoms in total. The van der Waals surface area contributed by atoms with Crippen molar-refractivity contribution in [2.45, 2.75) is 65.0 Å². The highest BCUT2D eigenvalue weighted by Crippen LogP contribution is 2.50. The summed E-state index contributed by atoms with van der Waals surface area (Å²) in [5, 5.41) is 3.69. The average molecular weight is 308 g/mol. The maximum Gasteiger partial charge on any atom is 0.0797 e. The molecule has 0 amide bonds. The van der Waals surface area contributed by atoms with E-state index >= 15 is 0 Å². The number of aryl methyl sites for hydroxylation is 2. The lowest BCUT2D eigenvalue weighted by molar-refractivity contribution is 0.0259. The van der Waals surface area contributed by atoms with Crippen LogP contribution in [0.4, 0.5) is 0 Å². The first-order valence-corrected chi connectivity index (χ1v) is 9.23. The summed E-state index contributed by atoms with van der Waals surface area (Å²) >= 11 is 1.81. The third-order valence-corrected chi connectivity index (χ3v) is 6.10. The van der Waals surface area contributed by atoms with Gasteiger partial charge in [-0.15, -0.1) is 11.3 Å². The summed E-state index contributed by atoms with van der Waals surface area (Å²) in [4.78, 5) is 5.86. The number of ether oxygens (including phenoxy) is 1. The Hall–Kier alpha value is -0.450. The maximum absolute atomic E-state index is 6.17. The normalized spacial score (nSPS) is 29.4. The van der Waals surface area contributed by atoms with E-state index in [1.165, 1.54) is 36.3 Å². The molecule has 1 saturated carbocycles. The van der Waals surface area contributed by atoms with Gasteiger partial charge in [0.15, 0.2) is 0 Å². The van der Waals surface area contributed by atoms with Gasteiger partial charge in [0.2, 0.25) is 0 Å². The molecule has 0 aromatic carbocycles. The summed E-state index contributed by atoms with van der Waals surface area (Å²) in [6, 6.07) is 0.549. The second-order valence-electron chi connectivity index (χ2n) is 7.14. The van der Waals surface area contributed by atoms with Gasteiger partial charge < -0.3 is 10.1 Å². The molecule has 118 valence electrons. The Kier molecular flexibility index (Phi) is 4.67. The Morgan fingerprint density at radius 3 is 2.90 bits per heavy atom. The molecule has 2 unspecified atom stereocenters. The van der Waals surface area contributed by atoms with Gasteiger partial charge in [0.1, 0.15) is 0 Å². The highest BCUT2D eigenvalue weighted by Gasteiger charge is 2.50. The number of nitrogens with one attached hydrogen (secondary N) is 1. The monoisotopic (exact) mass is 308 g/mol. The molecule has 1 aliphatic heterocycles. The zero-order chi connectivity index (χ0) is 14.9. The van der Waals surface area contributed by atoms with Crippen molar-refractivity contribution in [3.05, 3.63) is 16.1 Å². The zero-order valence-corrected chi connectivity index (χ0v) is 14.3. The molecular formula is C17H28N2OS. The van der Waals surface area contributed by atoms with Gasteiger partial charge in [0.25, 0.3) is 0 Å². The van der Waals surface area contributed by atoms with Gasteiger partial charge in [0, 0.05) is 29.5 Å². The van der Waals surface area contributed by atoms with E-state index in [4.69, 9.17) is 4.74 Å². The lowest BCUT2D eigenvalue weighted by atomic mass is 9.74.